The van der Waals surface area contributed by atoms with E-state index in [2.05, 4.69) is 4.98 Å². The van der Waals surface area contributed by atoms with Crippen LogP contribution in [-0.4, -0.2) is 4.98 Å². The summed E-state index contributed by atoms with van der Waals surface area (Å²) >= 11 is 11.3. The topological polar surface area (TPSA) is 22.1 Å². The van der Waals surface area contributed by atoms with Crippen molar-refractivity contribution >= 4 is 23.2 Å². The van der Waals surface area contributed by atoms with Gasteiger partial charge in [0.1, 0.15) is 11.8 Å². The van der Waals surface area contributed by atoms with Crippen LogP contribution < -0.4 is 4.74 Å². The second-order valence-electron chi connectivity index (χ2n) is 3.93. The van der Waals surface area contributed by atoms with Gasteiger partial charge >= 0.3 is 6.18 Å². The van der Waals surface area contributed by atoms with E-state index < -0.39 is 11.7 Å². The Kier molecular flexibility index (Phi) is 4.40. The number of ether oxygens (including phenoxy) is 1. The SMILES string of the molecule is FC(F)(F)c1cc(Cl)nc(OCc2cccc(Cl)c2)c1. The molecule has 0 aliphatic rings. The maximum atomic E-state index is 12.6. The summed E-state index contributed by atoms with van der Waals surface area (Å²) in [5, 5.41) is 0.238. The molecule has 0 spiro atoms. The van der Waals surface area contributed by atoms with Gasteiger partial charge in [-0.25, -0.2) is 4.98 Å². The fraction of sp³-hybridized carbons (Fsp3) is 0.154. The van der Waals surface area contributed by atoms with E-state index in [1.54, 1.807) is 24.3 Å². The Morgan fingerprint density at radius 2 is 1.85 bits per heavy atom. The molecule has 0 fully saturated rings. The lowest BCUT2D eigenvalue weighted by molar-refractivity contribution is -0.137. The van der Waals surface area contributed by atoms with Gasteiger partial charge in [0, 0.05) is 11.1 Å². The maximum absolute atomic E-state index is 12.6. The van der Waals surface area contributed by atoms with Gasteiger partial charge in [-0.2, -0.15) is 13.2 Å². The summed E-state index contributed by atoms with van der Waals surface area (Å²) in [6.45, 7) is 0.0468. The molecule has 1 aromatic carbocycles. The van der Waals surface area contributed by atoms with Gasteiger partial charge in [-0.1, -0.05) is 35.3 Å². The van der Waals surface area contributed by atoms with Crippen molar-refractivity contribution in [1.82, 2.24) is 4.98 Å². The summed E-state index contributed by atoms with van der Waals surface area (Å²) in [5.74, 6) is -0.190. The second-order valence-corrected chi connectivity index (χ2v) is 4.76. The molecule has 1 heterocycles. The van der Waals surface area contributed by atoms with E-state index in [9.17, 15) is 13.2 Å². The van der Waals surface area contributed by atoms with Gasteiger partial charge in [0.15, 0.2) is 0 Å². The van der Waals surface area contributed by atoms with Crippen LogP contribution in [0.1, 0.15) is 11.1 Å². The second kappa shape index (κ2) is 5.89. The summed E-state index contributed by atoms with van der Waals surface area (Å²) in [7, 11) is 0. The van der Waals surface area contributed by atoms with E-state index in [1.165, 1.54) is 0 Å². The van der Waals surface area contributed by atoms with E-state index in [-0.39, 0.29) is 17.6 Å². The van der Waals surface area contributed by atoms with Crippen LogP contribution in [-0.2, 0) is 12.8 Å². The highest BCUT2D eigenvalue weighted by Gasteiger charge is 2.31. The third-order valence-corrected chi connectivity index (χ3v) is 2.80. The highest BCUT2D eigenvalue weighted by atomic mass is 35.5. The molecule has 0 bridgehead atoms. The molecule has 0 aliphatic heterocycles. The van der Waals surface area contributed by atoms with Crippen molar-refractivity contribution in [3.63, 3.8) is 0 Å². The van der Waals surface area contributed by atoms with Crippen LogP contribution in [0.15, 0.2) is 36.4 Å². The van der Waals surface area contributed by atoms with Crippen molar-refractivity contribution in [3.05, 3.63) is 57.7 Å². The Morgan fingerprint density at radius 3 is 2.50 bits per heavy atom. The van der Waals surface area contributed by atoms with Gasteiger partial charge in [0.25, 0.3) is 0 Å². The van der Waals surface area contributed by atoms with Crippen LogP contribution in [0, 0.1) is 0 Å². The number of halogens is 5. The Balaban J connectivity index is 2.16. The summed E-state index contributed by atoms with van der Waals surface area (Å²) in [6, 6.07) is 8.33. The van der Waals surface area contributed by atoms with E-state index in [1.807, 2.05) is 0 Å². The highest BCUT2D eigenvalue weighted by Crippen LogP contribution is 2.32. The van der Waals surface area contributed by atoms with E-state index in [0.29, 0.717) is 10.6 Å². The van der Waals surface area contributed by atoms with Gasteiger partial charge in [-0.3, -0.25) is 0 Å². The van der Waals surface area contributed by atoms with Crippen LogP contribution >= 0.6 is 23.2 Å². The van der Waals surface area contributed by atoms with Crippen molar-refractivity contribution in [1.29, 1.82) is 0 Å². The van der Waals surface area contributed by atoms with Crippen molar-refractivity contribution in [2.45, 2.75) is 12.8 Å². The number of pyridine rings is 1. The van der Waals surface area contributed by atoms with Crippen molar-refractivity contribution in [3.8, 4) is 5.88 Å². The predicted molar refractivity (Wildman–Crippen MR) is 70.0 cm³/mol. The normalized spacial score (nSPS) is 11.4. The Morgan fingerprint density at radius 1 is 1.10 bits per heavy atom. The van der Waals surface area contributed by atoms with Crippen LogP contribution in [0.3, 0.4) is 0 Å². The summed E-state index contributed by atoms with van der Waals surface area (Å²) in [4.78, 5) is 3.70. The first-order chi connectivity index (χ1) is 9.34. The number of aromatic nitrogens is 1. The van der Waals surface area contributed by atoms with Crippen LogP contribution in [0.4, 0.5) is 13.2 Å². The predicted octanol–water partition coefficient (Wildman–Crippen LogP) is 4.99. The minimum atomic E-state index is -4.50. The average molecular weight is 322 g/mol. The molecule has 0 atom stereocenters. The monoisotopic (exact) mass is 321 g/mol. The van der Waals surface area contributed by atoms with Crippen LogP contribution in [0.25, 0.3) is 0 Å². The zero-order chi connectivity index (χ0) is 14.8. The number of alkyl halides is 3. The van der Waals surface area contributed by atoms with Gasteiger partial charge in [0.05, 0.1) is 5.56 Å². The molecule has 0 amide bonds. The highest BCUT2D eigenvalue weighted by molar-refractivity contribution is 6.30. The zero-order valence-corrected chi connectivity index (χ0v) is 11.4. The lowest BCUT2D eigenvalue weighted by Gasteiger charge is -2.10. The van der Waals surface area contributed by atoms with Gasteiger partial charge < -0.3 is 4.74 Å². The molecule has 106 valence electrons. The van der Waals surface area contributed by atoms with Gasteiger partial charge in [-0.05, 0) is 23.8 Å². The minimum Gasteiger partial charge on any atom is -0.473 e. The number of rotatable bonds is 3. The molecule has 2 nitrogen and oxygen atoms in total. The van der Waals surface area contributed by atoms with E-state index >= 15 is 0 Å². The summed E-state index contributed by atoms with van der Waals surface area (Å²) in [5.41, 5.74) is -0.188. The van der Waals surface area contributed by atoms with Crippen LogP contribution in [0.5, 0.6) is 5.88 Å². The standard InChI is InChI=1S/C13H8Cl2F3NO/c14-10-3-1-2-8(4-10)7-20-12-6-9(13(16,17)18)5-11(15)19-12/h1-6H,7H2. The third-order valence-electron chi connectivity index (χ3n) is 2.37. The Bertz CT molecular complexity index is 617. The minimum absolute atomic E-state index is 0.0468. The quantitative estimate of drug-likeness (QED) is 0.743. The molecule has 2 aromatic rings. The molecule has 0 radical (unpaired) electrons. The first-order valence-corrected chi connectivity index (χ1v) is 6.22. The maximum Gasteiger partial charge on any atom is 0.416 e. The first kappa shape index (κ1) is 14.9. The zero-order valence-electron chi connectivity index (χ0n) is 9.92. The summed E-state index contributed by atoms with van der Waals surface area (Å²) < 4.78 is 43.0. The smallest absolute Gasteiger partial charge is 0.416 e. The Hall–Kier alpha value is -1.46. The molecular weight excluding hydrogens is 314 g/mol. The molecule has 0 aliphatic carbocycles. The molecule has 0 unspecified atom stereocenters. The number of benzene rings is 1. The molecule has 20 heavy (non-hydrogen) atoms. The van der Waals surface area contributed by atoms with Crippen molar-refractivity contribution < 1.29 is 17.9 Å². The molecule has 0 saturated heterocycles. The van der Waals surface area contributed by atoms with Gasteiger partial charge in [0.2, 0.25) is 5.88 Å². The van der Waals surface area contributed by atoms with Gasteiger partial charge in [-0.15, -0.1) is 0 Å². The largest absolute Gasteiger partial charge is 0.473 e. The first-order valence-electron chi connectivity index (χ1n) is 5.46. The molecule has 1 aromatic heterocycles. The van der Waals surface area contributed by atoms with Crippen molar-refractivity contribution in [2.75, 3.05) is 0 Å². The number of hydrogen-bond acceptors (Lipinski definition) is 2. The third kappa shape index (κ3) is 4.02. The molecular formula is C13H8Cl2F3NO. The number of nitrogens with zero attached hydrogens (tertiary/aromatic N) is 1. The lowest BCUT2D eigenvalue weighted by atomic mass is 10.2. The molecule has 0 saturated carbocycles. The lowest BCUT2D eigenvalue weighted by Crippen LogP contribution is -2.06. The van der Waals surface area contributed by atoms with E-state index in [4.69, 9.17) is 27.9 Å². The fourth-order valence-corrected chi connectivity index (χ4v) is 1.91. The molecule has 7 heteroatoms. The molecule has 0 N–H and O–H groups in total. The molecule has 2 rings (SSSR count). The summed E-state index contributed by atoms with van der Waals surface area (Å²) in [6.07, 6.45) is -4.50. The van der Waals surface area contributed by atoms with Crippen molar-refractivity contribution in [2.24, 2.45) is 0 Å². The average Bonchev–Trinajstić information content (AvgIpc) is 2.35. The van der Waals surface area contributed by atoms with E-state index in [0.717, 1.165) is 12.1 Å². The van der Waals surface area contributed by atoms with Crippen LogP contribution in [0.2, 0.25) is 10.2 Å². The fourth-order valence-electron chi connectivity index (χ4n) is 1.49. The number of hydrogen-bond donors (Lipinski definition) is 0. The Labute approximate surface area is 123 Å².